The van der Waals surface area contributed by atoms with Gasteiger partial charge in [0, 0.05) is 29.2 Å². The largest absolute Gasteiger partial charge is 0.493 e. The van der Waals surface area contributed by atoms with Crippen molar-refractivity contribution in [2.75, 3.05) is 25.6 Å². The summed E-state index contributed by atoms with van der Waals surface area (Å²) in [7, 11) is -2.89. The van der Waals surface area contributed by atoms with Crippen molar-refractivity contribution in [3.63, 3.8) is 0 Å². The summed E-state index contributed by atoms with van der Waals surface area (Å²) >= 11 is 1.68. The normalized spacial score (nSPS) is 22.9. The fourth-order valence-corrected chi connectivity index (χ4v) is 6.29. The van der Waals surface area contributed by atoms with Gasteiger partial charge in [-0.05, 0) is 62.8 Å². The molecule has 2 atom stereocenters. The van der Waals surface area contributed by atoms with Crippen LogP contribution in [0.5, 0.6) is 5.75 Å². The van der Waals surface area contributed by atoms with Crippen LogP contribution >= 0.6 is 11.3 Å². The van der Waals surface area contributed by atoms with Crippen LogP contribution in [0, 0.1) is 18.8 Å². The minimum atomic E-state index is -2.89. The summed E-state index contributed by atoms with van der Waals surface area (Å²) in [5.41, 5.74) is 1.09. The van der Waals surface area contributed by atoms with Gasteiger partial charge in [0.05, 0.1) is 24.2 Å². The van der Waals surface area contributed by atoms with Crippen LogP contribution in [0.1, 0.15) is 30.6 Å². The van der Waals surface area contributed by atoms with E-state index in [2.05, 4.69) is 11.9 Å². The van der Waals surface area contributed by atoms with Crippen LogP contribution in [0.4, 0.5) is 0 Å². The van der Waals surface area contributed by atoms with Crippen molar-refractivity contribution < 1.29 is 17.9 Å². The number of rotatable bonds is 8. The van der Waals surface area contributed by atoms with Crippen LogP contribution in [-0.2, 0) is 14.6 Å². The van der Waals surface area contributed by atoms with Gasteiger partial charge in [0.1, 0.15) is 10.8 Å². The van der Waals surface area contributed by atoms with Crippen molar-refractivity contribution in [3.8, 4) is 16.3 Å². The minimum absolute atomic E-state index is 0.0674. The zero-order valence-electron chi connectivity index (χ0n) is 16.2. The average Bonchev–Trinajstić information content (AvgIpc) is 3.48. The van der Waals surface area contributed by atoms with Crippen molar-refractivity contribution in [2.45, 2.75) is 37.9 Å². The highest BCUT2D eigenvalue weighted by Crippen LogP contribution is 2.32. The Labute approximate surface area is 171 Å². The van der Waals surface area contributed by atoms with E-state index in [-0.39, 0.29) is 11.2 Å². The molecule has 1 aromatic carbocycles. The average molecular weight is 422 g/mol. The van der Waals surface area contributed by atoms with Gasteiger partial charge in [-0.25, -0.2) is 13.4 Å². The minimum Gasteiger partial charge on any atom is -0.493 e. The summed E-state index contributed by atoms with van der Waals surface area (Å²) < 4.78 is 36.1. The van der Waals surface area contributed by atoms with Gasteiger partial charge in [-0.2, -0.15) is 0 Å². The predicted molar refractivity (Wildman–Crippen MR) is 112 cm³/mol. The molecule has 2 heterocycles. The Bertz CT molecular complexity index is 887. The predicted octanol–water partition coefficient (Wildman–Crippen LogP) is 4.12. The highest BCUT2D eigenvalue weighted by Gasteiger charge is 2.36. The van der Waals surface area contributed by atoms with Crippen LogP contribution in [0.25, 0.3) is 10.6 Å². The molecule has 1 saturated heterocycles. The monoisotopic (exact) mass is 421 g/mol. The summed E-state index contributed by atoms with van der Waals surface area (Å²) in [6, 6.07) is 8.01. The third kappa shape index (κ3) is 4.93. The van der Waals surface area contributed by atoms with Crippen LogP contribution in [0.15, 0.2) is 30.5 Å². The molecule has 2 aliphatic rings. The van der Waals surface area contributed by atoms with Crippen molar-refractivity contribution in [1.29, 1.82) is 0 Å². The second-order valence-corrected chi connectivity index (χ2v) is 11.5. The molecule has 1 aliphatic carbocycles. The highest BCUT2D eigenvalue weighted by atomic mass is 32.2. The molecule has 0 bridgehead atoms. The fraction of sp³-hybridized carbons (Fsp3) is 0.571. The number of aromatic nitrogens is 1. The van der Waals surface area contributed by atoms with Gasteiger partial charge in [-0.1, -0.05) is 0 Å². The molecule has 0 radical (unpaired) electrons. The Morgan fingerprint density at radius 2 is 1.96 bits per heavy atom. The van der Waals surface area contributed by atoms with Crippen molar-refractivity contribution in [1.82, 2.24) is 4.98 Å². The van der Waals surface area contributed by atoms with E-state index in [0.29, 0.717) is 31.5 Å². The van der Waals surface area contributed by atoms with Gasteiger partial charge in [0.15, 0.2) is 9.84 Å². The number of benzene rings is 1. The van der Waals surface area contributed by atoms with E-state index in [1.165, 1.54) is 4.88 Å². The molecule has 0 N–H and O–H groups in total. The first-order valence-electron chi connectivity index (χ1n) is 9.96. The summed E-state index contributed by atoms with van der Waals surface area (Å²) in [6.07, 6.45) is 5.21. The van der Waals surface area contributed by atoms with Crippen LogP contribution < -0.4 is 4.74 Å². The summed E-state index contributed by atoms with van der Waals surface area (Å²) in [5.74, 6) is 1.72. The summed E-state index contributed by atoms with van der Waals surface area (Å²) in [5, 5.41) is 0.948. The van der Waals surface area contributed by atoms with E-state index >= 15 is 0 Å². The second-order valence-electron chi connectivity index (χ2n) is 7.85. The molecule has 7 heteroatoms. The lowest BCUT2D eigenvalue weighted by molar-refractivity contribution is -0.00317. The first-order valence-corrected chi connectivity index (χ1v) is 12.5. The molecule has 28 heavy (non-hydrogen) atoms. The lowest BCUT2D eigenvalue weighted by Crippen LogP contribution is -2.33. The Hall–Kier alpha value is -1.44. The zero-order valence-corrected chi connectivity index (χ0v) is 17.8. The zero-order chi connectivity index (χ0) is 19.6. The van der Waals surface area contributed by atoms with Crippen molar-refractivity contribution >= 4 is 21.2 Å². The topological polar surface area (TPSA) is 65.5 Å². The number of hydrogen-bond acceptors (Lipinski definition) is 6. The van der Waals surface area contributed by atoms with Gasteiger partial charge in [0.2, 0.25) is 0 Å². The van der Waals surface area contributed by atoms with E-state index in [9.17, 15) is 8.42 Å². The van der Waals surface area contributed by atoms with Crippen LogP contribution in [0.3, 0.4) is 0 Å². The van der Waals surface area contributed by atoms with Crippen LogP contribution in [-0.4, -0.2) is 44.2 Å². The fourth-order valence-electron chi connectivity index (χ4n) is 3.70. The first-order chi connectivity index (χ1) is 13.5. The molecular weight excluding hydrogens is 394 g/mol. The number of sulfone groups is 1. The number of ether oxygens (including phenoxy) is 2. The molecule has 2 aromatic rings. The van der Waals surface area contributed by atoms with E-state index < -0.39 is 9.84 Å². The second kappa shape index (κ2) is 8.51. The Kier molecular flexibility index (Phi) is 6.04. The third-order valence-corrected chi connectivity index (χ3v) is 8.88. The molecule has 0 spiro atoms. The van der Waals surface area contributed by atoms with E-state index in [4.69, 9.17) is 9.47 Å². The number of nitrogens with zero attached hydrogens (tertiary/aromatic N) is 1. The molecule has 1 unspecified atom stereocenters. The molecule has 1 aliphatic heterocycles. The molecule has 4 rings (SSSR count). The highest BCUT2D eigenvalue weighted by molar-refractivity contribution is 7.92. The van der Waals surface area contributed by atoms with Gasteiger partial charge >= 0.3 is 0 Å². The Balaban J connectivity index is 1.32. The lowest BCUT2D eigenvalue weighted by Gasteiger charge is -2.31. The van der Waals surface area contributed by atoms with Gasteiger partial charge < -0.3 is 9.47 Å². The third-order valence-electron chi connectivity index (χ3n) is 5.62. The maximum Gasteiger partial charge on any atom is 0.153 e. The molecule has 2 fully saturated rings. The quantitative estimate of drug-likeness (QED) is 0.642. The van der Waals surface area contributed by atoms with Gasteiger partial charge in [-0.3, -0.25) is 0 Å². The number of thiazole rings is 1. The first kappa shape index (κ1) is 19.9. The summed E-state index contributed by atoms with van der Waals surface area (Å²) in [4.78, 5) is 5.61. The van der Waals surface area contributed by atoms with Crippen molar-refractivity contribution in [2.24, 2.45) is 11.8 Å². The number of aryl methyl sites for hydroxylation is 1. The van der Waals surface area contributed by atoms with E-state index in [1.807, 2.05) is 30.5 Å². The molecule has 5 nitrogen and oxygen atoms in total. The smallest absolute Gasteiger partial charge is 0.153 e. The number of hydrogen-bond donors (Lipinski definition) is 0. The summed E-state index contributed by atoms with van der Waals surface area (Å²) in [6.45, 7) is 3.97. The molecular formula is C21H27NO4S2. The standard InChI is InChI=1S/C21H27NO4S2/c1-15-12-22-21(27-15)17-2-4-19(5-3-17)26-14-18-13-25-10-8-16(18)9-11-28(23,24)20-6-7-20/h2-5,12,16,18,20H,6-11,13-14H2,1H3/t16?,18-/m1/s1. The SMILES string of the molecule is Cc1cnc(-c2ccc(OC[C@H]3COCCC3CCS(=O)(=O)C3CC3)cc2)s1. The van der Waals surface area contributed by atoms with E-state index in [0.717, 1.165) is 42.0 Å². The molecule has 1 aromatic heterocycles. The van der Waals surface area contributed by atoms with Crippen LogP contribution in [0.2, 0.25) is 0 Å². The van der Waals surface area contributed by atoms with Gasteiger partial charge in [-0.15, -0.1) is 11.3 Å². The Morgan fingerprint density at radius 1 is 1.18 bits per heavy atom. The molecule has 1 saturated carbocycles. The van der Waals surface area contributed by atoms with E-state index in [1.54, 1.807) is 11.3 Å². The lowest BCUT2D eigenvalue weighted by atomic mass is 9.87. The molecule has 152 valence electrons. The van der Waals surface area contributed by atoms with Gasteiger partial charge in [0.25, 0.3) is 0 Å². The molecule has 0 amide bonds. The van der Waals surface area contributed by atoms with Crippen molar-refractivity contribution in [3.05, 3.63) is 35.3 Å². The maximum atomic E-state index is 12.2. The Morgan fingerprint density at radius 3 is 2.64 bits per heavy atom. The maximum absolute atomic E-state index is 12.2.